The van der Waals surface area contributed by atoms with E-state index in [4.69, 9.17) is 5.73 Å². The van der Waals surface area contributed by atoms with Gasteiger partial charge >= 0.3 is 0 Å². The molecule has 1 aliphatic rings. The number of nitriles is 1. The van der Waals surface area contributed by atoms with Gasteiger partial charge in [-0.3, -0.25) is 0 Å². The van der Waals surface area contributed by atoms with Crippen molar-refractivity contribution < 1.29 is 0 Å². The monoisotopic (exact) mass is 467 g/mol. The molecule has 0 radical (unpaired) electrons. The van der Waals surface area contributed by atoms with Crippen LogP contribution in [0.15, 0.2) is 84.9 Å². The molecule has 0 amide bonds. The molecule has 7 rings (SSSR count). The summed E-state index contributed by atoms with van der Waals surface area (Å²) < 4.78 is 4.82. The number of para-hydroxylation sites is 1. The number of nitrogens with two attached hydrogens (primary N) is 1. The fourth-order valence-electron chi connectivity index (χ4n) is 5.44. The second-order valence-corrected chi connectivity index (χ2v) is 10.2. The van der Waals surface area contributed by atoms with Crippen LogP contribution in [0.1, 0.15) is 23.2 Å². The maximum absolute atomic E-state index is 9.75. The van der Waals surface area contributed by atoms with Crippen molar-refractivity contribution in [2.24, 2.45) is 0 Å². The lowest BCUT2D eigenvalue weighted by molar-refractivity contribution is 0.968. The van der Waals surface area contributed by atoms with E-state index in [1.165, 1.54) is 42.3 Å². The largest absolute Gasteiger partial charge is 0.399 e. The van der Waals surface area contributed by atoms with Crippen LogP contribution in [-0.2, 0) is 6.42 Å². The molecule has 0 spiro atoms. The van der Waals surface area contributed by atoms with Gasteiger partial charge in [0.2, 0.25) is 0 Å². The third-order valence-electron chi connectivity index (χ3n) is 7.03. The van der Waals surface area contributed by atoms with Crippen molar-refractivity contribution in [2.45, 2.75) is 12.8 Å². The van der Waals surface area contributed by atoms with Crippen LogP contribution in [0.25, 0.3) is 54.0 Å². The summed E-state index contributed by atoms with van der Waals surface area (Å²) in [6.45, 7) is 0. The van der Waals surface area contributed by atoms with Crippen LogP contribution in [0.4, 0.5) is 5.69 Å². The standard InChI is InChI=1S/C31H21N3S/c32-18-19-9-12-22(20-10-13-30-25(16-20)26-17-21(33)11-14-31(26)35-30)29(15-19)34-27-7-3-1-5-23(27)24-6-2-4-8-28(24)34/h1,3-5,7-17H,2,6,33H2. The maximum atomic E-state index is 9.75. The summed E-state index contributed by atoms with van der Waals surface area (Å²) >= 11 is 1.79. The Morgan fingerprint density at radius 1 is 0.857 bits per heavy atom. The molecule has 0 fully saturated rings. The smallest absolute Gasteiger partial charge is 0.0992 e. The summed E-state index contributed by atoms with van der Waals surface area (Å²) in [7, 11) is 0. The minimum Gasteiger partial charge on any atom is -0.399 e. The molecule has 0 bridgehead atoms. The topological polar surface area (TPSA) is 54.7 Å². The highest BCUT2D eigenvalue weighted by molar-refractivity contribution is 7.25. The number of nitrogen functional groups attached to an aromatic ring is 1. The van der Waals surface area contributed by atoms with Crippen molar-refractivity contribution in [1.29, 1.82) is 5.26 Å². The molecule has 1 aliphatic carbocycles. The van der Waals surface area contributed by atoms with Gasteiger partial charge in [0.05, 0.1) is 22.8 Å². The minimum absolute atomic E-state index is 0.657. The molecule has 0 saturated heterocycles. The number of fused-ring (bicyclic) bond motifs is 6. The van der Waals surface area contributed by atoms with E-state index >= 15 is 0 Å². The Hall–Kier alpha value is -4.33. The quantitative estimate of drug-likeness (QED) is 0.262. The molecule has 4 heteroatoms. The van der Waals surface area contributed by atoms with E-state index in [-0.39, 0.29) is 0 Å². The Morgan fingerprint density at radius 2 is 1.69 bits per heavy atom. The van der Waals surface area contributed by atoms with E-state index in [0.29, 0.717) is 5.56 Å². The predicted molar refractivity (Wildman–Crippen MR) is 148 cm³/mol. The Bertz CT molecular complexity index is 1880. The Balaban J connectivity index is 1.54. The highest BCUT2D eigenvalue weighted by atomic mass is 32.1. The van der Waals surface area contributed by atoms with Gasteiger partial charge in [0.25, 0.3) is 0 Å². The van der Waals surface area contributed by atoms with Crippen LogP contribution in [0.3, 0.4) is 0 Å². The lowest BCUT2D eigenvalue weighted by Gasteiger charge is -2.17. The normalized spacial score (nSPS) is 12.9. The van der Waals surface area contributed by atoms with Gasteiger partial charge in [0, 0.05) is 42.5 Å². The summed E-state index contributed by atoms with van der Waals surface area (Å²) in [6, 6.07) is 29.8. The molecule has 3 nitrogen and oxygen atoms in total. The lowest BCUT2D eigenvalue weighted by Crippen LogP contribution is -2.03. The molecule has 0 saturated carbocycles. The van der Waals surface area contributed by atoms with Crippen LogP contribution >= 0.6 is 11.3 Å². The average Bonchev–Trinajstić information content (AvgIpc) is 3.43. The van der Waals surface area contributed by atoms with Gasteiger partial charge in [0.15, 0.2) is 0 Å². The highest BCUT2D eigenvalue weighted by Gasteiger charge is 2.21. The number of hydrogen-bond acceptors (Lipinski definition) is 3. The summed E-state index contributed by atoms with van der Waals surface area (Å²) in [6.07, 6.45) is 6.57. The van der Waals surface area contributed by atoms with Crippen LogP contribution in [0, 0.1) is 11.3 Å². The molecule has 0 atom stereocenters. The third kappa shape index (κ3) is 3.02. The molecule has 166 valence electrons. The second kappa shape index (κ2) is 7.59. The average molecular weight is 468 g/mol. The molecule has 4 aromatic carbocycles. The number of hydrogen-bond donors (Lipinski definition) is 1. The van der Waals surface area contributed by atoms with Gasteiger partial charge in [-0.1, -0.05) is 36.4 Å². The molecule has 35 heavy (non-hydrogen) atoms. The number of rotatable bonds is 2. The molecule has 0 aliphatic heterocycles. The van der Waals surface area contributed by atoms with Gasteiger partial charge in [-0.05, 0) is 78.6 Å². The molecule has 2 heterocycles. The lowest BCUT2D eigenvalue weighted by atomic mass is 9.98. The van der Waals surface area contributed by atoms with Crippen molar-refractivity contribution in [3.05, 3.63) is 102 Å². The number of benzene rings is 4. The summed E-state index contributed by atoms with van der Waals surface area (Å²) in [5.74, 6) is 0. The number of aromatic nitrogens is 1. The van der Waals surface area contributed by atoms with E-state index < -0.39 is 0 Å². The molecular formula is C31H21N3S. The van der Waals surface area contributed by atoms with E-state index in [9.17, 15) is 5.26 Å². The SMILES string of the molecule is N#Cc1ccc(-c2ccc3sc4ccc(N)cc4c3c2)c(-n2c3c(c4ccccc42)CCC=C3)c1. The highest BCUT2D eigenvalue weighted by Crippen LogP contribution is 2.41. The Morgan fingerprint density at radius 3 is 2.57 bits per heavy atom. The zero-order valence-corrected chi connectivity index (χ0v) is 19.8. The van der Waals surface area contributed by atoms with Crippen molar-refractivity contribution in [3.8, 4) is 22.9 Å². The van der Waals surface area contributed by atoms with Crippen molar-refractivity contribution >= 4 is 54.2 Å². The van der Waals surface area contributed by atoms with Gasteiger partial charge in [-0.15, -0.1) is 11.3 Å². The van der Waals surface area contributed by atoms with Gasteiger partial charge in [0.1, 0.15) is 0 Å². The van der Waals surface area contributed by atoms with Crippen molar-refractivity contribution in [2.75, 3.05) is 5.73 Å². The zero-order chi connectivity index (χ0) is 23.5. The summed E-state index contributed by atoms with van der Waals surface area (Å²) in [5, 5.41) is 13.4. The molecule has 6 aromatic rings. The fraction of sp³-hybridized carbons (Fsp3) is 0.0645. The van der Waals surface area contributed by atoms with Crippen LogP contribution in [0.5, 0.6) is 0 Å². The zero-order valence-electron chi connectivity index (χ0n) is 19.0. The molecule has 2 aromatic heterocycles. The Labute approximate surface area is 207 Å². The number of allylic oxidation sites excluding steroid dienone is 1. The van der Waals surface area contributed by atoms with E-state index in [2.05, 4.69) is 83.5 Å². The Kier molecular flexibility index (Phi) is 4.36. The van der Waals surface area contributed by atoms with Crippen molar-refractivity contribution in [1.82, 2.24) is 4.57 Å². The van der Waals surface area contributed by atoms with Gasteiger partial charge in [-0.2, -0.15) is 5.26 Å². The summed E-state index contributed by atoms with van der Waals surface area (Å²) in [4.78, 5) is 0. The van der Waals surface area contributed by atoms with E-state index in [1.54, 1.807) is 11.3 Å². The van der Waals surface area contributed by atoms with Crippen LogP contribution in [0.2, 0.25) is 0 Å². The first-order valence-electron chi connectivity index (χ1n) is 11.8. The van der Waals surface area contributed by atoms with Crippen molar-refractivity contribution in [3.63, 3.8) is 0 Å². The second-order valence-electron chi connectivity index (χ2n) is 9.07. The van der Waals surface area contributed by atoms with E-state index in [0.717, 1.165) is 35.3 Å². The van der Waals surface area contributed by atoms with Crippen LogP contribution < -0.4 is 5.73 Å². The molecule has 2 N–H and O–H groups in total. The van der Waals surface area contributed by atoms with Crippen LogP contribution in [-0.4, -0.2) is 4.57 Å². The number of anilines is 1. The van der Waals surface area contributed by atoms with Gasteiger partial charge < -0.3 is 10.3 Å². The number of thiophene rings is 1. The first-order chi connectivity index (χ1) is 17.2. The number of aryl methyl sites for hydroxylation is 1. The molecule has 0 unspecified atom stereocenters. The molecular weight excluding hydrogens is 446 g/mol. The first kappa shape index (κ1) is 20.1. The first-order valence-corrected chi connectivity index (χ1v) is 12.6. The fourth-order valence-corrected chi connectivity index (χ4v) is 6.51. The number of nitrogens with zero attached hydrogens (tertiary/aromatic N) is 2. The third-order valence-corrected chi connectivity index (χ3v) is 8.18. The van der Waals surface area contributed by atoms with Gasteiger partial charge in [-0.25, -0.2) is 0 Å². The minimum atomic E-state index is 0.657. The maximum Gasteiger partial charge on any atom is 0.0992 e. The van der Waals surface area contributed by atoms with E-state index in [1.807, 2.05) is 18.2 Å². The summed E-state index contributed by atoms with van der Waals surface area (Å²) in [5.41, 5.74) is 14.6. The predicted octanol–water partition coefficient (Wildman–Crippen LogP) is 8.08.